The van der Waals surface area contributed by atoms with E-state index in [9.17, 15) is 22.0 Å². The summed E-state index contributed by atoms with van der Waals surface area (Å²) in [5.41, 5.74) is 0.424. The Balaban J connectivity index is 1.47. The third-order valence-corrected chi connectivity index (χ3v) is 8.61. The van der Waals surface area contributed by atoms with E-state index in [1.807, 2.05) is 0 Å². The van der Waals surface area contributed by atoms with Crippen LogP contribution in [0.2, 0.25) is 0 Å². The molecular weight excluding hydrogens is 484 g/mol. The van der Waals surface area contributed by atoms with E-state index in [1.165, 1.54) is 31.4 Å². The molecule has 2 heterocycles. The maximum Gasteiger partial charge on any atom is 0.250 e. The van der Waals surface area contributed by atoms with Crippen LogP contribution in [0.3, 0.4) is 0 Å². The normalized spacial score (nSPS) is 18.4. The van der Waals surface area contributed by atoms with Crippen LogP contribution >= 0.6 is 11.3 Å². The fraction of sp³-hybridized carbons (Fsp3) is 0.304. The molecule has 2 N–H and O–H groups in total. The molecule has 1 amide bonds. The van der Waals surface area contributed by atoms with Gasteiger partial charge in [0.15, 0.2) is 0 Å². The molecule has 0 aliphatic heterocycles. The lowest BCUT2D eigenvalue weighted by atomic mass is 9.85. The van der Waals surface area contributed by atoms with E-state index in [1.54, 1.807) is 11.4 Å². The van der Waals surface area contributed by atoms with Gasteiger partial charge in [0, 0.05) is 29.2 Å². The van der Waals surface area contributed by atoms with Crippen molar-refractivity contribution >= 4 is 33.1 Å². The second kappa shape index (κ2) is 10.2. The van der Waals surface area contributed by atoms with Crippen molar-refractivity contribution < 1.29 is 26.7 Å². The molecule has 7 nitrogen and oxygen atoms in total. The zero-order valence-corrected chi connectivity index (χ0v) is 19.9. The van der Waals surface area contributed by atoms with Crippen molar-refractivity contribution in [1.29, 1.82) is 0 Å². The number of ether oxygens (including phenoxy) is 1. The number of sulfonamides is 1. The molecule has 0 bridgehead atoms. The maximum atomic E-state index is 14.5. The molecule has 2 aromatic heterocycles. The third-order valence-electron chi connectivity index (χ3n) is 5.69. The SMILES string of the molecule is COc1cc(F)ccc1-c1cc(NC(=O)C2CCCC(NS(=O)(=O)c3cccs3)C2)ncc1F. The summed E-state index contributed by atoms with van der Waals surface area (Å²) in [5.74, 6) is -1.64. The fourth-order valence-corrected chi connectivity index (χ4v) is 6.35. The minimum Gasteiger partial charge on any atom is -0.496 e. The number of amides is 1. The highest BCUT2D eigenvalue weighted by Gasteiger charge is 2.31. The monoisotopic (exact) mass is 507 g/mol. The summed E-state index contributed by atoms with van der Waals surface area (Å²) in [6.07, 6.45) is 3.24. The summed E-state index contributed by atoms with van der Waals surface area (Å²) in [4.78, 5) is 16.9. The van der Waals surface area contributed by atoms with Crippen molar-refractivity contribution in [2.75, 3.05) is 12.4 Å². The largest absolute Gasteiger partial charge is 0.496 e. The highest BCUT2D eigenvalue weighted by atomic mass is 32.2. The number of benzene rings is 1. The molecule has 2 atom stereocenters. The van der Waals surface area contributed by atoms with Crippen LogP contribution in [0.15, 0.2) is 52.2 Å². The van der Waals surface area contributed by atoms with Crippen LogP contribution in [-0.4, -0.2) is 32.5 Å². The molecule has 1 saturated carbocycles. The molecule has 1 aromatic carbocycles. The van der Waals surface area contributed by atoms with Gasteiger partial charge in [0.25, 0.3) is 0 Å². The minimum absolute atomic E-state index is 0.104. The Morgan fingerprint density at radius 3 is 2.74 bits per heavy atom. The number of anilines is 1. The zero-order chi connectivity index (χ0) is 24.3. The Morgan fingerprint density at radius 1 is 1.18 bits per heavy atom. The molecule has 0 radical (unpaired) electrons. The van der Waals surface area contributed by atoms with Crippen molar-refractivity contribution in [2.24, 2.45) is 5.92 Å². The Labute approximate surface area is 200 Å². The van der Waals surface area contributed by atoms with Gasteiger partial charge < -0.3 is 10.1 Å². The molecule has 1 aliphatic rings. The molecule has 11 heteroatoms. The van der Waals surface area contributed by atoms with Crippen LogP contribution < -0.4 is 14.8 Å². The van der Waals surface area contributed by atoms with E-state index in [0.717, 1.165) is 23.6 Å². The zero-order valence-electron chi connectivity index (χ0n) is 18.3. The molecule has 4 rings (SSSR count). The van der Waals surface area contributed by atoms with E-state index in [-0.39, 0.29) is 33.3 Å². The third kappa shape index (κ3) is 5.43. The second-order valence-corrected chi connectivity index (χ2v) is 10.9. The van der Waals surface area contributed by atoms with E-state index < -0.39 is 27.6 Å². The lowest BCUT2D eigenvalue weighted by Gasteiger charge is -2.28. The predicted octanol–water partition coefficient (Wildman–Crippen LogP) is 4.57. The number of nitrogens with one attached hydrogen (secondary N) is 2. The smallest absolute Gasteiger partial charge is 0.250 e. The first-order valence-corrected chi connectivity index (χ1v) is 13.0. The number of thiophene rings is 1. The molecule has 34 heavy (non-hydrogen) atoms. The number of aromatic nitrogens is 1. The number of methoxy groups -OCH3 is 1. The average molecular weight is 508 g/mol. The Kier molecular flexibility index (Phi) is 7.24. The number of halogens is 2. The van der Waals surface area contributed by atoms with Crippen molar-refractivity contribution in [3.63, 3.8) is 0 Å². The Bertz CT molecular complexity index is 1280. The number of hydrogen-bond acceptors (Lipinski definition) is 6. The van der Waals surface area contributed by atoms with Gasteiger partial charge in [-0.15, -0.1) is 11.3 Å². The molecule has 1 fully saturated rings. The molecular formula is C23H23F2N3O4S2. The van der Waals surface area contributed by atoms with Crippen LogP contribution in [0.25, 0.3) is 11.1 Å². The van der Waals surface area contributed by atoms with Crippen LogP contribution in [0.1, 0.15) is 25.7 Å². The maximum absolute atomic E-state index is 14.5. The molecule has 1 aliphatic carbocycles. The van der Waals surface area contributed by atoms with Gasteiger partial charge in [-0.2, -0.15) is 0 Å². The quantitative estimate of drug-likeness (QED) is 0.488. The Hall–Kier alpha value is -2.89. The van der Waals surface area contributed by atoms with Crippen molar-refractivity contribution in [2.45, 2.75) is 35.9 Å². The molecule has 0 saturated heterocycles. The van der Waals surface area contributed by atoms with E-state index in [2.05, 4.69) is 15.0 Å². The van der Waals surface area contributed by atoms with Crippen molar-refractivity contribution in [1.82, 2.24) is 9.71 Å². The summed E-state index contributed by atoms with van der Waals surface area (Å²) in [7, 11) is -2.28. The fourth-order valence-electron chi connectivity index (χ4n) is 4.06. The summed E-state index contributed by atoms with van der Waals surface area (Å²) in [6, 6.07) is 7.93. The van der Waals surface area contributed by atoms with Gasteiger partial charge in [-0.3, -0.25) is 4.79 Å². The number of pyridine rings is 1. The lowest BCUT2D eigenvalue weighted by Crippen LogP contribution is -2.40. The summed E-state index contributed by atoms with van der Waals surface area (Å²) < 4.78 is 61.2. The molecule has 3 aromatic rings. The lowest BCUT2D eigenvalue weighted by molar-refractivity contribution is -0.121. The van der Waals surface area contributed by atoms with Gasteiger partial charge >= 0.3 is 0 Å². The second-order valence-electron chi connectivity index (χ2n) is 8.00. The molecule has 0 spiro atoms. The van der Waals surface area contributed by atoms with Gasteiger partial charge in [0.05, 0.1) is 13.3 Å². The van der Waals surface area contributed by atoms with Crippen molar-refractivity contribution in [3.05, 3.63) is 59.6 Å². The molecule has 180 valence electrons. The number of nitrogens with zero attached hydrogens (tertiary/aromatic N) is 1. The van der Waals surface area contributed by atoms with Gasteiger partial charge in [-0.1, -0.05) is 12.5 Å². The number of hydrogen-bond donors (Lipinski definition) is 2. The summed E-state index contributed by atoms with van der Waals surface area (Å²) in [5, 5.41) is 4.39. The average Bonchev–Trinajstić information content (AvgIpc) is 3.36. The van der Waals surface area contributed by atoms with Crippen LogP contribution in [0.5, 0.6) is 5.75 Å². The van der Waals surface area contributed by atoms with Crippen LogP contribution in [-0.2, 0) is 14.8 Å². The van der Waals surface area contributed by atoms with Crippen LogP contribution in [0.4, 0.5) is 14.6 Å². The summed E-state index contributed by atoms with van der Waals surface area (Å²) in [6.45, 7) is 0. The van der Waals surface area contributed by atoms with Gasteiger partial charge in [0.2, 0.25) is 15.9 Å². The topological polar surface area (TPSA) is 97.4 Å². The van der Waals surface area contributed by atoms with E-state index in [0.29, 0.717) is 31.2 Å². The number of carbonyl (C=O) groups is 1. The number of rotatable bonds is 7. The number of carbonyl (C=O) groups excluding carboxylic acids is 1. The van der Waals surface area contributed by atoms with Gasteiger partial charge in [0.1, 0.15) is 27.4 Å². The first kappa shape index (κ1) is 24.2. The van der Waals surface area contributed by atoms with Crippen LogP contribution in [0, 0.1) is 17.6 Å². The molecule has 2 unspecified atom stereocenters. The van der Waals surface area contributed by atoms with Gasteiger partial charge in [-0.05, 0) is 48.9 Å². The van der Waals surface area contributed by atoms with E-state index >= 15 is 0 Å². The van der Waals surface area contributed by atoms with Gasteiger partial charge in [-0.25, -0.2) is 26.9 Å². The summed E-state index contributed by atoms with van der Waals surface area (Å²) >= 11 is 1.13. The Morgan fingerprint density at radius 2 is 2.00 bits per heavy atom. The predicted molar refractivity (Wildman–Crippen MR) is 125 cm³/mol. The highest BCUT2D eigenvalue weighted by molar-refractivity contribution is 7.91. The first-order valence-electron chi connectivity index (χ1n) is 10.6. The van der Waals surface area contributed by atoms with E-state index in [4.69, 9.17) is 4.74 Å². The highest BCUT2D eigenvalue weighted by Crippen LogP contribution is 2.34. The minimum atomic E-state index is -3.63. The van der Waals surface area contributed by atoms with Crippen molar-refractivity contribution in [3.8, 4) is 16.9 Å². The first-order chi connectivity index (χ1) is 16.3. The standard InChI is InChI=1S/C23H23F2N3O4S2/c1-32-20-11-15(24)7-8-17(20)18-12-21(26-13-19(18)25)27-23(29)14-4-2-5-16(10-14)28-34(30,31)22-6-3-9-33-22/h3,6-9,11-14,16,28H,2,4-5,10H2,1H3,(H,26,27,29).